The van der Waals surface area contributed by atoms with Gasteiger partial charge in [-0.25, -0.2) is 13.1 Å². The Labute approximate surface area is 197 Å². The number of carbonyl (C=O) groups is 1. The number of thioether (sulfide) groups is 1. The Bertz CT molecular complexity index is 1210. The average Bonchev–Trinajstić information content (AvgIpc) is 3.27. The molecular formula is C22H26N4O5S2. The van der Waals surface area contributed by atoms with Gasteiger partial charge in [-0.1, -0.05) is 19.0 Å². The lowest BCUT2D eigenvalue weighted by atomic mass is 10.2. The molecule has 1 aromatic heterocycles. The van der Waals surface area contributed by atoms with E-state index in [1.807, 2.05) is 13.2 Å². The summed E-state index contributed by atoms with van der Waals surface area (Å²) >= 11 is 1.41. The van der Waals surface area contributed by atoms with E-state index in [4.69, 9.17) is 9.26 Å². The van der Waals surface area contributed by atoms with Gasteiger partial charge in [-0.2, -0.15) is 4.98 Å². The Hall–Kier alpha value is -2.89. The smallest absolute Gasteiger partial charge is 0.242 e. The van der Waals surface area contributed by atoms with Crippen LogP contribution >= 0.6 is 11.8 Å². The van der Waals surface area contributed by atoms with E-state index < -0.39 is 10.0 Å². The molecule has 0 radical (unpaired) electrons. The minimum atomic E-state index is -3.88. The zero-order valence-electron chi connectivity index (χ0n) is 18.8. The van der Waals surface area contributed by atoms with Gasteiger partial charge >= 0.3 is 0 Å². The summed E-state index contributed by atoms with van der Waals surface area (Å²) in [4.78, 5) is 17.1. The fourth-order valence-electron chi connectivity index (χ4n) is 2.78. The molecule has 1 heterocycles. The minimum Gasteiger partial charge on any atom is -0.494 e. The van der Waals surface area contributed by atoms with Gasteiger partial charge in [-0.15, -0.1) is 11.8 Å². The maximum absolute atomic E-state index is 12.8. The van der Waals surface area contributed by atoms with E-state index in [1.54, 1.807) is 44.2 Å². The number of rotatable bonds is 10. The number of nitrogens with one attached hydrogen (secondary N) is 2. The van der Waals surface area contributed by atoms with Crippen LogP contribution in [0.2, 0.25) is 0 Å². The molecule has 2 aromatic carbocycles. The van der Waals surface area contributed by atoms with E-state index in [0.717, 1.165) is 16.2 Å². The Morgan fingerprint density at radius 1 is 1.18 bits per heavy atom. The van der Waals surface area contributed by atoms with Gasteiger partial charge in [0.1, 0.15) is 5.75 Å². The van der Waals surface area contributed by atoms with Crippen molar-refractivity contribution in [2.24, 2.45) is 5.92 Å². The van der Waals surface area contributed by atoms with Crippen molar-refractivity contribution in [3.05, 3.63) is 48.4 Å². The molecule has 0 aliphatic heterocycles. The molecule has 3 rings (SSSR count). The summed E-state index contributed by atoms with van der Waals surface area (Å²) in [5.74, 6) is 0.765. The summed E-state index contributed by atoms with van der Waals surface area (Å²) in [5.41, 5.74) is 1.16. The van der Waals surface area contributed by atoms with Gasteiger partial charge in [-0.05, 0) is 55.6 Å². The van der Waals surface area contributed by atoms with Gasteiger partial charge in [0.2, 0.25) is 27.6 Å². The van der Waals surface area contributed by atoms with Crippen LogP contribution in [0.4, 0.5) is 5.69 Å². The first-order chi connectivity index (χ1) is 15.7. The van der Waals surface area contributed by atoms with Crippen molar-refractivity contribution in [3.63, 3.8) is 0 Å². The van der Waals surface area contributed by atoms with Gasteiger partial charge in [0.05, 0.1) is 23.7 Å². The second-order valence-electron chi connectivity index (χ2n) is 7.30. The molecule has 2 N–H and O–H groups in total. The molecule has 33 heavy (non-hydrogen) atoms. The standard InChI is InChI=1S/C22H26N4O5S2/c1-5-30-16-8-6-15(7-9-16)21-25-20(31-26-21)13-23-33(28,29)17-10-11-19(32-4)18(12-17)24-22(27)14(2)3/h6-12,14,23H,5,13H2,1-4H3,(H,24,27). The van der Waals surface area contributed by atoms with E-state index in [-0.39, 0.29) is 29.2 Å². The zero-order valence-corrected chi connectivity index (χ0v) is 20.4. The zero-order chi connectivity index (χ0) is 24.0. The quantitative estimate of drug-likeness (QED) is 0.410. The highest BCUT2D eigenvalue weighted by Crippen LogP contribution is 2.29. The number of carbonyl (C=O) groups excluding carboxylic acids is 1. The second-order valence-corrected chi connectivity index (χ2v) is 9.91. The topological polar surface area (TPSA) is 123 Å². The van der Waals surface area contributed by atoms with Crippen molar-refractivity contribution in [1.82, 2.24) is 14.9 Å². The molecule has 0 unspecified atom stereocenters. The summed E-state index contributed by atoms with van der Waals surface area (Å²) in [6.07, 6.45) is 1.85. The monoisotopic (exact) mass is 490 g/mol. The predicted octanol–water partition coefficient (Wildman–Crippen LogP) is 3.93. The molecule has 0 fully saturated rings. The number of hydrogen-bond donors (Lipinski definition) is 2. The molecule has 0 aliphatic carbocycles. The molecule has 0 saturated carbocycles. The fourth-order valence-corrected chi connectivity index (χ4v) is 4.31. The number of benzene rings is 2. The third-order valence-electron chi connectivity index (χ3n) is 4.57. The van der Waals surface area contributed by atoms with Crippen molar-refractivity contribution in [3.8, 4) is 17.1 Å². The Morgan fingerprint density at radius 3 is 2.55 bits per heavy atom. The van der Waals surface area contributed by atoms with Gasteiger partial charge in [0.25, 0.3) is 0 Å². The van der Waals surface area contributed by atoms with E-state index in [0.29, 0.717) is 18.1 Å². The van der Waals surface area contributed by atoms with Crippen LogP contribution in [0.15, 0.2) is 56.8 Å². The van der Waals surface area contributed by atoms with Crippen molar-refractivity contribution < 1.29 is 22.5 Å². The molecular weight excluding hydrogens is 464 g/mol. The molecule has 0 aliphatic rings. The largest absolute Gasteiger partial charge is 0.494 e. The van der Waals surface area contributed by atoms with Gasteiger partial charge in [0.15, 0.2) is 0 Å². The lowest BCUT2D eigenvalue weighted by molar-refractivity contribution is -0.118. The van der Waals surface area contributed by atoms with Gasteiger partial charge < -0.3 is 14.6 Å². The normalized spacial score (nSPS) is 11.5. The van der Waals surface area contributed by atoms with Crippen molar-refractivity contribution in [1.29, 1.82) is 0 Å². The van der Waals surface area contributed by atoms with Crippen LogP contribution in [-0.2, 0) is 21.4 Å². The summed E-state index contributed by atoms with van der Waals surface area (Å²) in [6.45, 7) is 5.83. The summed E-state index contributed by atoms with van der Waals surface area (Å²) < 4.78 is 38.7. The van der Waals surface area contributed by atoms with E-state index in [1.165, 1.54) is 23.9 Å². The number of aromatic nitrogens is 2. The average molecular weight is 491 g/mol. The molecule has 1 amide bonds. The molecule has 0 saturated heterocycles. The third kappa shape index (κ3) is 6.34. The van der Waals surface area contributed by atoms with Gasteiger partial charge in [-0.3, -0.25) is 4.79 Å². The molecule has 176 valence electrons. The third-order valence-corrected chi connectivity index (χ3v) is 6.76. The molecule has 11 heteroatoms. The lowest BCUT2D eigenvalue weighted by Crippen LogP contribution is -2.24. The highest BCUT2D eigenvalue weighted by molar-refractivity contribution is 7.98. The summed E-state index contributed by atoms with van der Waals surface area (Å²) in [5, 5.41) is 6.69. The van der Waals surface area contributed by atoms with Crippen LogP contribution < -0.4 is 14.8 Å². The van der Waals surface area contributed by atoms with Gasteiger partial charge in [0, 0.05) is 16.4 Å². The first-order valence-corrected chi connectivity index (χ1v) is 13.0. The Morgan fingerprint density at radius 2 is 1.91 bits per heavy atom. The summed E-state index contributed by atoms with van der Waals surface area (Å²) in [6, 6.07) is 11.8. The van der Waals surface area contributed by atoms with E-state index in [2.05, 4.69) is 20.2 Å². The molecule has 9 nitrogen and oxygen atoms in total. The number of nitrogens with zero attached hydrogens (tertiary/aromatic N) is 2. The summed E-state index contributed by atoms with van der Waals surface area (Å²) in [7, 11) is -3.88. The van der Waals surface area contributed by atoms with E-state index in [9.17, 15) is 13.2 Å². The number of hydrogen-bond acceptors (Lipinski definition) is 8. The molecule has 0 spiro atoms. The fraction of sp³-hybridized carbons (Fsp3) is 0.318. The molecule has 0 bridgehead atoms. The Balaban J connectivity index is 1.72. The number of amides is 1. The van der Waals surface area contributed by atoms with Crippen molar-refractivity contribution >= 4 is 33.4 Å². The van der Waals surface area contributed by atoms with E-state index >= 15 is 0 Å². The van der Waals surface area contributed by atoms with Crippen LogP contribution in [0, 0.1) is 5.92 Å². The number of ether oxygens (including phenoxy) is 1. The number of anilines is 1. The highest BCUT2D eigenvalue weighted by atomic mass is 32.2. The molecule has 0 atom stereocenters. The highest BCUT2D eigenvalue weighted by Gasteiger charge is 2.19. The second kappa shape index (κ2) is 10.8. The van der Waals surface area contributed by atoms with Crippen LogP contribution in [0.25, 0.3) is 11.4 Å². The first-order valence-electron chi connectivity index (χ1n) is 10.3. The maximum Gasteiger partial charge on any atom is 0.242 e. The van der Waals surface area contributed by atoms with Crippen molar-refractivity contribution in [2.75, 3.05) is 18.2 Å². The number of sulfonamides is 1. The maximum atomic E-state index is 12.8. The Kier molecular flexibility index (Phi) is 8.11. The predicted molar refractivity (Wildman–Crippen MR) is 127 cm³/mol. The molecule has 3 aromatic rings. The van der Waals surface area contributed by atoms with Crippen molar-refractivity contribution in [2.45, 2.75) is 37.1 Å². The lowest BCUT2D eigenvalue weighted by Gasteiger charge is -2.13. The van der Waals surface area contributed by atoms with Crippen LogP contribution in [0.1, 0.15) is 26.7 Å². The van der Waals surface area contributed by atoms with Crippen LogP contribution in [0.5, 0.6) is 5.75 Å². The first kappa shape index (κ1) is 24.7. The SMILES string of the molecule is CCOc1ccc(-c2noc(CNS(=O)(=O)c3ccc(SC)c(NC(=O)C(C)C)c3)n2)cc1. The minimum absolute atomic E-state index is 0.0191. The van der Waals surface area contributed by atoms with Crippen LogP contribution in [-0.4, -0.2) is 37.3 Å². The van der Waals surface area contributed by atoms with Crippen LogP contribution in [0.3, 0.4) is 0 Å².